The van der Waals surface area contributed by atoms with Gasteiger partial charge in [-0.3, -0.25) is 0 Å². The first-order chi connectivity index (χ1) is 13.3. The quantitative estimate of drug-likeness (QED) is 0.489. The molecule has 3 rings (SSSR count). The third-order valence-corrected chi connectivity index (χ3v) is 5.88. The first-order valence-electron chi connectivity index (χ1n) is 9.43. The van der Waals surface area contributed by atoms with Crippen LogP contribution in [0.25, 0.3) is 16.6 Å². The van der Waals surface area contributed by atoms with Crippen molar-refractivity contribution in [3.63, 3.8) is 0 Å². The number of carboxylic acids is 1. The number of rotatable bonds is 6. The topological polar surface area (TPSA) is 45.5 Å². The molecule has 28 heavy (non-hydrogen) atoms. The van der Waals surface area contributed by atoms with Crippen LogP contribution in [0.5, 0.6) is 0 Å². The van der Waals surface area contributed by atoms with Crippen molar-refractivity contribution in [2.24, 2.45) is 0 Å². The van der Waals surface area contributed by atoms with E-state index in [0.29, 0.717) is 34.2 Å². The molecule has 0 radical (unpaired) electrons. The fourth-order valence-corrected chi connectivity index (χ4v) is 4.18. The maximum atomic E-state index is 12.5. The van der Waals surface area contributed by atoms with E-state index in [1.165, 1.54) is 0 Å². The number of halogens is 2. The summed E-state index contributed by atoms with van der Waals surface area (Å²) in [5, 5.41) is 11.7. The summed E-state index contributed by atoms with van der Waals surface area (Å²) in [7, 11) is 0. The van der Waals surface area contributed by atoms with Gasteiger partial charge in [0.15, 0.2) is 5.69 Å². The highest BCUT2D eigenvalue weighted by atomic mass is 35.5. The molecule has 2 aromatic carbocycles. The largest absolute Gasteiger partial charge is 0.476 e. The van der Waals surface area contributed by atoms with Crippen LogP contribution < -0.4 is 4.90 Å². The highest BCUT2D eigenvalue weighted by Gasteiger charge is 2.29. The Hall–Kier alpha value is -2.17. The van der Waals surface area contributed by atoms with E-state index in [1.54, 1.807) is 6.07 Å². The van der Waals surface area contributed by atoms with E-state index in [4.69, 9.17) is 23.2 Å². The number of benzene rings is 2. The summed E-state index contributed by atoms with van der Waals surface area (Å²) in [5.74, 6) is -0.765. The Kier molecular flexibility index (Phi) is 5.92. The molecule has 0 fully saturated rings. The molecule has 0 aliphatic carbocycles. The van der Waals surface area contributed by atoms with Gasteiger partial charge < -0.3 is 14.6 Å². The van der Waals surface area contributed by atoms with Gasteiger partial charge in [0.1, 0.15) is 0 Å². The molecule has 148 valence electrons. The van der Waals surface area contributed by atoms with Gasteiger partial charge in [-0.25, -0.2) is 4.79 Å². The molecule has 6 heteroatoms. The summed E-state index contributed by atoms with van der Waals surface area (Å²) in [6.07, 6.45) is 0. The standard InChI is InChI=1S/C22H24Cl2N2O2/c1-5-25(6-2)20-18-17(12-11-15(23)19(18)24)26(21(20)22(27)28)16-10-8-7-9-14(16)13(3)4/h7-13H,5-6H2,1-4H3,(H,27,28). The number of anilines is 1. The van der Waals surface area contributed by atoms with Crippen LogP contribution in [0.4, 0.5) is 5.69 Å². The fraction of sp³-hybridized carbons (Fsp3) is 0.318. The molecule has 1 N–H and O–H groups in total. The Morgan fingerprint density at radius 3 is 2.32 bits per heavy atom. The molecule has 4 nitrogen and oxygen atoms in total. The van der Waals surface area contributed by atoms with Gasteiger partial charge in [0, 0.05) is 24.2 Å². The maximum Gasteiger partial charge on any atom is 0.355 e. The normalized spacial score (nSPS) is 11.4. The number of aromatic nitrogens is 1. The smallest absolute Gasteiger partial charge is 0.355 e. The molecule has 0 bridgehead atoms. The van der Waals surface area contributed by atoms with E-state index in [0.717, 1.165) is 16.8 Å². The van der Waals surface area contributed by atoms with Crippen LogP contribution in [-0.4, -0.2) is 28.7 Å². The maximum absolute atomic E-state index is 12.5. The Bertz CT molecular complexity index is 1040. The summed E-state index contributed by atoms with van der Waals surface area (Å²) < 4.78 is 1.81. The molecule has 1 heterocycles. The Balaban J connectivity index is 2.57. The number of aromatic carboxylic acids is 1. The number of hydrogen-bond donors (Lipinski definition) is 1. The van der Waals surface area contributed by atoms with E-state index in [1.807, 2.05) is 53.6 Å². The van der Waals surface area contributed by atoms with Crippen molar-refractivity contribution in [2.75, 3.05) is 18.0 Å². The number of carboxylic acid groups (broad SMARTS) is 1. The Morgan fingerprint density at radius 2 is 1.75 bits per heavy atom. The predicted octanol–water partition coefficient (Wildman–Crippen LogP) is 6.61. The molecule has 0 amide bonds. The van der Waals surface area contributed by atoms with Crippen molar-refractivity contribution in [2.45, 2.75) is 33.6 Å². The first kappa shape index (κ1) is 20.6. The summed E-state index contributed by atoms with van der Waals surface area (Å²) in [6, 6.07) is 11.5. The van der Waals surface area contributed by atoms with Crippen molar-refractivity contribution in [1.29, 1.82) is 0 Å². The summed E-state index contributed by atoms with van der Waals surface area (Å²) in [4.78, 5) is 14.5. The van der Waals surface area contributed by atoms with Gasteiger partial charge in [0.25, 0.3) is 0 Å². The molecule has 0 aliphatic heterocycles. The van der Waals surface area contributed by atoms with Crippen molar-refractivity contribution >= 4 is 45.8 Å². The second-order valence-corrected chi connectivity index (χ2v) is 7.76. The SMILES string of the molecule is CCN(CC)c1c(C(=O)O)n(-c2ccccc2C(C)C)c2ccc(Cl)c(Cl)c12. The van der Waals surface area contributed by atoms with Crippen molar-refractivity contribution in [1.82, 2.24) is 4.57 Å². The van der Waals surface area contributed by atoms with E-state index in [-0.39, 0.29) is 11.6 Å². The number of para-hydroxylation sites is 1. The second kappa shape index (κ2) is 8.06. The number of carbonyl (C=O) groups is 1. The molecular formula is C22H24Cl2N2O2. The molecule has 3 aromatic rings. The van der Waals surface area contributed by atoms with E-state index < -0.39 is 5.97 Å². The zero-order valence-corrected chi connectivity index (χ0v) is 18.0. The summed E-state index contributed by atoms with van der Waals surface area (Å²) in [6.45, 7) is 9.51. The minimum Gasteiger partial charge on any atom is -0.476 e. The molecule has 0 atom stereocenters. The van der Waals surface area contributed by atoms with Crippen LogP contribution in [0.2, 0.25) is 10.0 Å². The average molecular weight is 419 g/mol. The summed E-state index contributed by atoms with van der Waals surface area (Å²) in [5.41, 5.74) is 3.46. The van der Waals surface area contributed by atoms with Gasteiger partial charge in [-0.2, -0.15) is 0 Å². The second-order valence-electron chi connectivity index (χ2n) is 6.98. The lowest BCUT2D eigenvalue weighted by atomic mass is 10.0. The Labute approximate surface area is 175 Å². The molecule has 0 aliphatic rings. The third kappa shape index (κ3) is 3.25. The van der Waals surface area contributed by atoms with Crippen LogP contribution in [-0.2, 0) is 0 Å². The van der Waals surface area contributed by atoms with Crippen LogP contribution >= 0.6 is 23.2 Å². The highest BCUT2D eigenvalue weighted by Crippen LogP contribution is 2.43. The average Bonchev–Trinajstić information content (AvgIpc) is 3.01. The van der Waals surface area contributed by atoms with Gasteiger partial charge in [-0.15, -0.1) is 0 Å². The van der Waals surface area contributed by atoms with Crippen LogP contribution in [0, 0.1) is 0 Å². The number of fused-ring (bicyclic) bond motifs is 1. The van der Waals surface area contributed by atoms with Gasteiger partial charge in [-0.05, 0) is 43.5 Å². The van der Waals surface area contributed by atoms with Crippen LogP contribution in [0.3, 0.4) is 0 Å². The monoisotopic (exact) mass is 418 g/mol. The van der Waals surface area contributed by atoms with Crippen LogP contribution in [0.1, 0.15) is 49.7 Å². The first-order valence-corrected chi connectivity index (χ1v) is 10.2. The molecule has 0 saturated heterocycles. The fourth-order valence-electron chi connectivity index (χ4n) is 3.77. The minimum atomic E-state index is -0.996. The van der Waals surface area contributed by atoms with E-state index >= 15 is 0 Å². The predicted molar refractivity (Wildman–Crippen MR) is 118 cm³/mol. The minimum absolute atomic E-state index is 0.205. The molecular weight excluding hydrogens is 395 g/mol. The third-order valence-electron chi connectivity index (χ3n) is 5.08. The molecule has 0 spiro atoms. The lowest BCUT2D eigenvalue weighted by Crippen LogP contribution is -2.24. The van der Waals surface area contributed by atoms with Gasteiger partial charge in [0.2, 0.25) is 0 Å². The molecule has 0 saturated carbocycles. The Morgan fingerprint density at radius 1 is 1.11 bits per heavy atom. The lowest BCUT2D eigenvalue weighted by Gasteiger charge is -2.22. The van der Waals surface area contributed by atoms with Gasteiger partial charge in [-0.1, -0.05) is 55.2 Å². The zero-order valence-electron chi connectivity index (χ0n) is 16.5. The molecule has 1 aromatic heterocycles. The van der Waals surface area contributed by atoms with Crippen LogP contribution in [0.15, 0.2) is 36.4 Å². The van der Waals surface area contributed by atoms with Gasteiger partial charge in [0.05, 0.1) is 21.2 Å². The number of hydrogen-bond acceptors (Lipinski definition) is 2. The molecule has 0 unspecified atom stereocenters. The zero-order chi connectivity index (χ0) is 20.6. The highest BCUT2D eigenvalue weighted by molar-refractivity contribution is 6.46. The van der Waals surface area contributed by atoms with E-state index in [9.17, 15) is 9.90 Å². The van der Waals surface area contributed by atoms with E-state index in [2.05, 4.69) is 13.8 Å². The van der Waals surface area contributed by atoms with Crippen molar-refractivity contribution in [3.05, 3.63) is 57.7 Å². The van der Waals surface area contributed by atoms with Crippen molar-refractivity contribution in [3.8, 4) is 5.69 Å². The van der Waals surface area contributed by atoms with Gasteiger partial charge >= 0.3 is 5.97 Å². The van der Waals surface area contributed by atoms with Crippen molar-refractivity contribution < 1.29 is 9.90 Å². The summed E-state index contributed by atoms with van der Waals surface area (Å²) >= 11 is 12.9. The number of nitrogens with zero attached hydrogens (tertiary/aromatic N) is 2. The lowest BCUT2D eigenvalue weighted by molar-refractivity contribution is 0.0689.